The highest BCUT2D eigenvalue weighted by atomic mass is 35.5. The summed E-state index contributed by atoms with van der Waals surface area (Å²) in [5, 5.41) is 1.39. The van der Waals surface area contributed by atoms with E-state index in [1.807, 2.05) is 6.07 Å². The van der Waals surface area contributed by atoms with E-state index in [9.17, 15) is 0 Å². The van der Waals surface area contributed by atoms with Crippen molar-refractivity contribution in [3.63, 3.8) is 0 Å². The summed E-state index contributed by atoms with van der Waals surface area (Å²) >= 11 is 12.0. The Kier molecular flexibility index (Phi) is 3.36. The summed E-state index contributed by atoms with van der Waals surface area (Å²) in [6.07, 6.45) is 0.999. The highest BCUT2D eigenvalue weighted by Crippen LogP contribution is 2.31. The van der Waals surface area contributed by atoms with Crippen LogP contribution in [0.15, 0.2) is 18.2 Å². The molecule has 82 valence electrons. The number of nitrogens with two attached hydrogens (primary N) is 1. The third kappa shape index (κ3) is 2.37. The molecular weight excluding hydrogens is 235 g/mol. The van der Waals surface area contributed by atoms with Crippen LogP contribution in [-0.4, -0.2) is 19.2 Å². The topological polar surface area (TPSA) is 38.5 Å². The van der Waals surface area contributed by atoms with Gasteiger partial charge in [-0.1, -0.05) is 23.2 Å². The molecule has 1 atom stereocenters. The van der Waals surface area contributed by atoms with Gasteiger partial charge in [0.15, 0.2) is 0 Å². The SMILES string of the molecule is NOC1CCN(c2cc(Cl)ccc2Cl)C1. The predicted octanol–water partition coefficient (Wildman–Crippen LogP) is 2.46. The van der Waals surface area contributed by atoms with Crippen molar-refractivity contribution < 1.29 is 4.84 Å². The van der Waals surface area contributed by atoms with Gasteiger partial charge in [-0.05, 0) is 24.6 Å². The molecule has 0 saturated carbocycles. The lowest BCUT2D eigenvalue weighted by atomic mass is 10.3. The molecule has 0 aliphatic carbocycles. The summed E-state index contributed by atoms with van der Waals surface area (Å²) < 4.78 is 0. The van der Waals surface area contributed by atoms with Crippen molar-refractivity contribution in [2.75, 3.05) is 18.0 Å². The third-order valence-corrected chi connectivity index (χ3v) is 3.14. The summed E-state index contributed by atoms with van der Waals surface area (Å²) in [6.45, 7) is 1.65. The molecule has 2 N–H and O–H groups in total. The van der Waals surface area contributed by atoms with Crippen LogP contribution in [0.5, 0.6) is 0 Å². The Morgan fingerprint density at radius 1 is 1.40 bits per heavy atom. The van der Waals surface area contributed by atoms with E-state index < -0.39 is 0 Å². The second-order valence-corrected chi connectivity index (χ2v) is 4.43. The minimum atomic E-state index is 0.0834. The van der Waals surface area contributed by atoms with E-state index in [1.54, 1.807) is 12.1 Å². The van der Waals surface area contributed by atoms with Crippen molar-refractivity contribution in [1.29, 1.82) is 0 Å². The molecule has 0 spiro atoms. The quantitative estimate of drug-likeness (QED) is 0.816. The van der Waals surface area contributed by atoms with Crippen molar-refractivity contribution >= 4 is 28.9 Å². The molecule has 0 aromatic heterocycles. The van der Waals surface area contributed by atoms with Gasteiger partial charge in [0.05, 0.1) is 16.8 Å². The minimum Gasteiger partial charge on any atom is -0.368 e. The van der Waals surface area contributed by atoms with E-state index in [0.717, 1.165) is 25.2 Å². The number of benzene rings is 1. The lowest BCUT2D eigenvalue weighted by Crippen LogP contribution is -2.24. The molecule has 3 nitrogen and oxygen atoms in total. The minimum absolute atomic E-state index is 0.0834. The van der Waals surface area contributed by atoms with Crippen LogP contribution in [0.25, 0.3) is 0 Å². The fourth-order valence-corrected chi connectivity index (χ4v) is 2.19. The van der Waals surface area contributed by atoms with E-state index in [-0.39, 0.29) is 6.10 Å². The van der Waals surface area contributed by atoms with E-state index in [0.29, 0.717) is 10.0 Å². The maximum Gasteiger partial charge on any atom is 0.0978 e. The van der Waals surface area contributed by atoms with Gasteiger partial charge in [0.25, 0.3) is 0 Å². The number of hydrogen-bond acceptors (Lipinski definition) is 3. The molecule has 1 aromatic rings. The first-order valence-corrected chi connectivity index (χ1v) is 5.52. The standard InChI is InChI=1S/C10H12Cl2N2O/c11-7-1-2-9(12)10(5-7)14-4-3-8(6-14)15-13/h1-2,5,8H,3-4,6,13H2. The Bertz CT molecular complexity index is 359. The molecule has 0 radical (unpaired) electrons. The second kappa shape index (κ2) is 4.58. The molecule has 1 fully saturated rings. The first-order valence-electron chi connectivity index (χ1n) is 4.76. The Labute approximate surface area is 98.7 Å². The zero-order chi connectivity index (χ0) is 10.8. The largest absolute Gasteiger partial charge is 0.368 e. The summed E-state index contributed by atoms with van der Waals surface area (Å²) in [5.74, 6) is 5.16. The van der Waals surface area contributed by atoms with Crippen molar-refractivity contribution in [3.8, 4) is 0 Å². The smallest absolute Gasteiger partial charge is 0.0978 e. The van der Waals surface area contributed by atoms with E-state index in [4.69, 9.17) is 33.9 Å². The van der Waals surface area contributed by atoms with E-state index in [1.165, 1.54) is 0 Å². The molecule has 0 bridgehead atoms. The van der Waals surface area contributed by atoms with Gasteiger partial charge in [0.2, 0.25) is 0 Å². The molecule has 5 heteroatoms. The van der Waals surface area contributed by atoms with Gasteiger partial charge < -0.3 is 4.90 Å². The van der Waals surface area contributed by atoms with Gasteiger partial charge in [0, 0.05) is 18.1 Å². The lowest BCUT2D eigenvalue weighted by Gasteiger charge is -2.19. The molecule has 2 rings (SSSR count). The van der Waals surface area contributed by atoms with Crippen LogP contribution in [0.4, 0.5) is 5.69 Å². The molecular formula is C10H12Cl2N2O. The monoisotopic (exact) mass is 246 g/mol. The van der Waals surface area contributed by atoms with Gasteiger partial charge in [-0.2, -0.15) is 0 Å². The maximum atomic E-state index is 6.09. The third-order valence-electron chi connectivity index (χ3n) is 2.59. The normalized spacial score (nSPS) is 21.0. The van der Waals surface area contributed by atoms with Gasteiger partial charge in [-0.15, -0.1) is 0 Å². The van der Waals surface area contributed by atoms with Gasteiger partial charge >= 0.3 is 0 Å². The molecule has 1 saturated heterocycles. The second-order valence-electron chi connectivity index (χ2n) is 3.59. The molecule has 1 aliphatic rings. The van der Waals surface area contributed by atoms with E-state index >= 15 is 0 Å². The number of nitrogens with zero attached hydrogens (tertiary/aromatic N) is 1. The summed E-state index contributed by atoms with van der Waals surface area (Å²) in [7, 11) is 0. The maximum absolute atomic E-state index is 6.09. The summed E-state index contributed by atoms with van der Waals surface area (Å²) in [5.41, 5.74) is 0.948. The highest BCUT2D eigenvalue weighted by Gasteiger charge is 2.24. The average Bonchev–Trinajstić information content (AvgIpc) is 2.70. The van der Waals surface area contributed by atoms with Crippen LogP contribution in [0.2, 0.25) is 10.0 Å². The number of anilines is 1. The van der Waals surface area contributed by atoms with Crippen LogP contribution in [0.1, 0.15) is 6.42 Å². The number of rotatable bonds is 2. The van der Waals surface area contributed by atoms with Crippen molar-refractivity contribution in [1.82, 2.24) is 0 Å². The fraction of sp³-hybridized carbons (Fsp3) is 0.400. The average molecular weight is 247 g/mol. The zero-order valence-corrected chi connectivity index (χ0v) is 9.63. The Hall–Kier alpha value is -0.480. The van der Waals surface area contributed by atoms with Crippen LogP contribution >= 0.6 is 23.2 Å². The van der Waals surface area contributed by atoms with Gasteiger partial charge in [-0.3, -0.25) is 4.84 Å². The van der Waals surface area contributed by atoms with Crippen molar-refractivity contribution in [3.05, 3.63) is 28.2 Å². The Morgan fingerprint density at radius 2 is 2.20 bits per heavy atom. The molecule has 0 amide bonds. The summed E-state index contributed by atoms with van der Waals surface area (Å²) in [6, 6.07) is 5.44. The first-order chi connectivity index (χ1) is 7.20. The molecule has 1 heterocycles. The van der Waals surface area contributed by atoms with Crippen LogP contribution in [0, 0.1) is 0 Å². The number of hydrogen-bond donors (Lipinski definition) is 1. The van der Waals surface area contributed by atoms with Crippen LogP contribution in [-0.2, 0) is 4.84 Å². The van der Waals surface area contributed by atoms with Crippen LogP contribution < -0.4 is 10.8 Å². The molecule has 15 heavy (non-hydrogen) atoms. The van der Waals surface area contributed by atoms with Crippen molar-refractivity contribution in [2.24, 2.45) is 5.90 Å². The van der Waals surface area contributed by atoms with Crippen molar-refractivity contribution in [2.45, 2.75) is 12.5 Å². The summed E-state index contributed by atoms with van der Waals surface area (Å²) in [4.78, 5) is 6.95. The Morgan fingerprint density at radius 3 is 2.87 bits per heavy atom. The zero-order valence-electron chi connectivity index (χ0n) is 8.12. The Balaban J connectivity index is 2.19. The fourth-order valence-electron chi connectivity index (χ4n) is 1.79. The lowest BCUT2D eigenvalue weighted by molar-refractivity contribution is 0.0690. The predicted molar refractivity (Wildman–Crippen MR) is 62.4 cm³/mol. The van der Waals surface area contributed by atoms with Crippen LogP contribution in [0.3, 0.4) is 0 Å². The van der Waals surface area contributed by atoms with Gasteiger partial charge in [0.1, 0.15) is 0 Å². The molecule has 1 aromatic carbocycles. The highest BCUT2D eigenvalue weighted by molar-refractivity contribution is 6.35. The molecule has 1 unspecified atom stereocenters. The molecule has 1 aliphatic heterocycles. The van der Waals surface area contributed by atoms with Gasteiger partial charge in [-0.25, -0.2) is 5.90 Å². The first kappa shape index (κ1) is 11.0. The number of halogens is 2. The van der Waals surface area contributed by atoms with E-state index in [2.05, 4.69) is 4.90 Å².